The van der Waals surface area contributed by atoms with E-state index in [2.05, 4.69) is 33.1 Å². The van der Waals surface area contributed by atoms with Gasteiger partial charge in [0.05, 0.1) is 0 Å². The van der Waals surface area contributed by atoms with Crippen LogP contribution >= 0.6 is 0 Å². The minimum Gasteiger partial charge on any atom is -0.316 e. The summed E-state index contributed by atoms with van der Waals surface area (Å²) in [6, 6.07) is 0.794. The van der Waals surface area contributed by atoms with Gasteiger partial charge in [-0.1, -0.05) is 40.0 Å². The van der Waals surface area contributed by atoms with Crippen LogP contribution in [0.2, 0.25) is 0 Å². The van der Waals surface area contributed by atoms with Crippen LogP contribution in [0.5, 0.6) is 0 Å². The summed E-state index contributed by atoms with van der Waals surface area (Å²) in [7, 11) is 2.20. The molecule has 6 unspecified atom stereocenters. The van der Waals surface area contributed by atoms with E-state index in [1.54, 1.807) is 0 Å². The predicted octanol–water partition coefficient (Wildman–Crippen LogP) is 4.47. The molecule has 0 aromatic carbocycles. The van der Waals surface area contributed by atoms with Gasteiger partial charge in [0, 0.05) is 6.04 Å². The van der Waals surface area contributed by atoms with Gasteiger partial charge in [0.15, 0.2) is 0 Å². The van der Waals surface area contributed by atoms with Crippen molar-refractivity contribution in [1.29, 1.82) is 0 Å². The standard InChI is InChI=1S/C17H33N/c1-12-6-5-7-15(10-12)17(18-4)16-9-8-13(2)14(3)11-16/h12-18H,5-11H2,1-4H3. The Morgan fingerprint density at radius 2 is 1.56 bits per heavy atom. The predicted molar refractivity (Wildman–Crippen MR) is 79.6 cm³/mol. The average molecular weight is 251 g/mol. The Labute approximate surface area is 114 Å². The molecule has 0 bridgehead atoms. The van der Waals surface area contributed by atoms with Gasteiger partial charge in [0.2, 0.25) is 0 Å². The summed E-state index contributed by atoms with van der Waals surface area (Å²) in [5, 5.41) is 3.70. The largest absolute Gasteiger partial charge is 0.316 e. The minimum atomic E-state index is 0.794. The molecule has 0 radical (unpaired) electrons. The lowest BCUT2D eigenvalue weighted by molar-refractivity contribution is 0.118. The van der Waals surface area contributed by atoms with Crippen molar-refractivity contribution < 1.29 is 0 Å². The van der Waals surface area contributed by atoms with Crippen LogP contribution in [-0.2, 0) is 0 Å². The Morgan fingerprint density at radius 3 is 2.17 bits per heavy atom. The summed E-state index contributed by atoms with van der Waals surface area (Å²) in [5.41, 5.74) is 0. The fourth-order valence-electron chi connectivity index (χ4n) is 4.58. The quantitative estimate of drug-likeness (QED) is 0.780. The van der Waals surface area contributed by atoms with Crippen LogP contribution in [0.3, 0.4) is 0 Å². The van der Waals surface area contributed by atoms with Crippen molar-refractivity contribution in [3.63, 3.8) is 0 Å². The van der Waals surface area contributed by atoms with Crippen molar-refractivity contribution in [1.82, 2.24) is 5.32 Å². The molecule has 0 aromatic rings. The number of hydrogen-bond donors (Lipinski definition) is 1. The third-order valence-corrected chi connectivity index (χ3v) is 5.96. The van der Waals surface area contributed by atoms with E-state index < -0.39 is 0 Å². The van der Waals surface area contributed by atoms with Crippen molar-refractivity contribution in [3.8, 4) is 0 Å². The van der Waals surface area contributed by atoms with Gasteiger partial charge in [0.25, 0.3) is 0 Å². The van der Waals surface area contributed by atoms with Crippen LogP contribution in [0.25, 0.3) is 0 Å². The average Bonchev–Trinajstić information content (AvgIpc) is 2.35. The molecule has 1 nitrogen and oxygen atoms in total. The summed E-state index contributed by atoms with van der Waals surface area (Å²) in [4.78, 5) is 0. The molecule has 0 spiro atoms. The van der Waals surface area contributed by atoms with Crippen LogP contribution in [0, 0.1) is 29.6 Å². The van der Waals surface area contributed by atoms with Gasteiger partial charge in [-0.3, -0.25) is 0 Å². The fourth-order valence-corrected chi connectivity index (χ4v) is 4.58. The Morgan fingerprint density at radius 1 is 0.833 bits per heavy atom. The lowest BCUT2D eigenvalue weighted by Gasteiger charge is -2.42. The first kappa shape index (κ1) is 14.4. The highest BCUT2D eigenvalue weighted by molar-refractivity contribution is 4.89. The Hall–Kier alpha value is -0.0400. The third-order valence-electron chi connectivity index (χ3n) is 5.96. The maximum atomic E-state index is 3.70. The highest BCUT2D eigenvalue weighted by Crippen LogP contribution is 2.40. The molecule has 2 aliphatic carbocycles. The van der Waals surface area contributed by atoms with E-state index in [4.69, 9.17) is 0 Å². The molecule has 106 valence electrons. The number of nitrogens with one attached hydrogen (secondary N) is 1. The number of hydrogen-bond acceptors (Lipinski definition) is 1. The summed E-state index contributed by atoms with van der Waals surface area (Å²) < 4.78 is 0. The molecule has 2 rings (SSSR count). The van der Waals surface area contributed by atoms with Crippen molar-refractivity contribution >= 4 is 0 Å². The molecule has 1 N–H and O–H groups in total. The molecule has 2 aliphatic rings. The van der Waals surface area contributed by atoms with E-state index in [1.165, 1.54) is 44.9 Å². The molecular weight excluding hydrogens is 218 g/mol. The highest BCUT2D eigenvalue weighted by Gasteiger charge is 2.35. The van der Waals surface area contributed by atoms with Crippen molar-refractivity contribution in [3.05, 3.63) is 0 Å². The lowest BCUT2D eigenvalue weighted by Crippen LogP contribution is -2.44. The molecule has 2 saturated carbocycles. The van der Waals surface area contributed by atoms with E-state index in [0.29, 0.717) is 0 Å². The summed E-state index contributed by atoms with van der Waals surface area (Å²) in [6.07, 6.45) is 10.2. The van der Waals surface area contributed by atoms with Gasteiger partial charge in [-0.05, 0) is 62.3 Å². The van der Waals surface area contributed by atoms with Crippen LogP contribution in [0.1, 0.15) is 65.7 Å². The Balaban J connectivity index is 1.95. The second-order valence-corrected chi connectivity index (χ2v) is 7.37. The van der Waals surface area contributed by atoms with Crippen LogP contribution in [-0.4, -0.2) is 13.1 Å². The van der Waals surface area contributed by atoms with Crippen molar-refractivity contribution in [2.24, 2.45) is 29.6 Å². The van der Waals surface area contributed by atoms with E-state index in [-0.39, 0.29) is 0 Å². The summed E-state index contributed by atoms with van der Waals surface area (Å²) in [5.74, 6) is 4.73. The van der Waals surface area contributed by atoms with Gasteiger partial charge in [0.1, 0.15) is 0 Å². The Bertz CT molecular complexity index is 250. The molecule has 0 saturated heterocycles. The third kappa shape index (κ3) is 3.29. The smallest absolute Gasteiger partial charge is 0.0121 e. The molecule has 6 atom stereocenters. The first-order valence-electron chi connectivity index (χ1n) is 8.29. The topological polar surface area (TPSA) is 12.0 Å². The molecule has 0 aromatic heterocycles. The molecule has 1 heteroatoms. The number of rotatable bonds is 3. The molecule has 0 heterocycles. The first-order valence-corrected chi connectivity index (χ1v) is 8.29. The van der Waals surface area contributed by atoms with E-state index in [1.807, 2.05) is 0 Å². The van der Waals surface area contributed by atoms with Gasteiger partial charge >= 0.3 is 0 Å². The van der Waals surface area contributed by atoms with Gasteiger partial charge < -0.3 is 5.32 Å². The van der Waals surface area contributed by atoms with Crippen molar-refractivity contribution in [2.75, 3.05) is 7.05 Å². The zero-order valence-electron chi connectivity index (χ0n) is 12.9. The SMILES string of the molecule is CNC(C1CCCC(C)C1)C1CCC(C)C(C)C1. The van der Waals surface area contributed by atoms with Gasteiger partial charge in [-0.2, -0.15) is 0 Å². The van der Waals surface area contributed by atoms with Crippen molar-refractivity contribution in [2.45, 2.75) is 71.8 Å². The zero-order chi connectivity index (χ0) is 13.1. The summed E-state index contributed by atoms with van der Waals surface area (Å²) >= 11 is 0. The summed E-state index contributed by atoms with van der Waals surface area (Å²) in [6.45, 7) is 7.36. The van der Waals surface area contributed by atoms with Crippen LogP contribution in [0.15, 0.2) is 0 Å². The highest BCUT2D eigenvalue weighted by atomic mass is 14.9. The second-order valence-electron chi connectivity index (χ2n) is 7.37. The maximum Gasteiger partial charge on any atom is 0.0121 e. The van der Waals surface area contributed by atoms with E-state index in [9.17, 15) is 0 Å². The molecule has 0 aliphatic heterocycles. The fraction of sp³-hybridized carbons (Fsp3) is 1.00. The molecule has 18 heavy (non-hydrogen) atoms. The monoisotopic (exact) mass is 251 g/mol. The molecule has 2 fully saturated rings. The zero-order valence-corrected chi connectivity index (χ0v) is 12.9. The molecular formula is C17H33N. The van der Waals surface area contributed by atoms with E-state index in [0.717, 1.165) is 35.6 Å². The second kappa shape index (κ2) is 6.41. The lowest BCUT2D eigenvalue weighted by atomic mass is 9.67. The molecule has 0 amide bonds. The van der Waals surface area contributed by atoms with E-state index >= 15 is 0 Å². The van der Waals surface area contributed by atoms with Crippen LogP contribution < -0.4 is 5.32 Å². The minimum absolute atomic E-state index is 0.794. The van der Waals surface area contributed by atoms with Crippen LogP contribution in [0.4, 0.5) is 0 Å². The van der Waals surface area contributed by atoms with Gasteiger partial charge in [-0.15, -0.1) is 0 Å². The van der Waals surface area contributed by atoms with Gasteiger partial charge in [-0.25, -0.2) is 0 Å². The first-order chi connectivity index (χ1) is 8.61. The Kier molecular flexibility index (Phi) is 5.12. The maximum absolute atomic E-state index is 3.70. The normalized spacial score (nSPS) is 43.7.